The Bertz CT molecular complexity index is 1860. The maximum absolute atomic E-state index is 14.4. The second-order valence-corrected chi connectivity index (χ2v) is 14.2. The summed E-state index contributed by atoms with van der Waals surface area (Å²) >= 11 is 3.47. The van der Waals surface area contributed by atoms with Gasteiger partial charge in [-0.1, -0.05) is 52.3 Å². The predicted octanol–water partition coefficient (Wildman–Crippen LogP) is 5.17. The molecule has 4 aromatic rings. The number of amides is 1. The summed E-state index contributed by atoms with van der Waals surface area (Å²) < 4.78 is 50.8. The van der Waals surface area contributed by atoms with E-state index in [2.05, 4.69) is 26.8 Å². The van der Waals surface area contributed by atoms with Gasteiger partial charge in [0.25, 0.3) is 5.91 Å². The molecule has 1 amide bonds. The summed E-state index contributed by atoms with van der Waals surface area (Å²) in [6, 6.07) is 27.8. The van der Waals surface area contributed by atoms with Crippen molar-refractivity contribution in [2.45, 2.75) is 35.9 Å². The normalized spacial score (nSPS) is 17.1. The van der Waals surface area contributed by atoms with Crippen LogP contribution in [0.5, 0.6) is 17.2 Å². The van der Waals surface area contributed by atoms with Gasteiger partial charge in [-0.2, -0.15) is 0 Å². The number of ether oxygens (including phenoxy) is 4. The minimum Gasteiger partial charge on any atom is -0.494 e. The van der Waals surface area contributed by atoms with E-state index < -0.39 is 27.4 Å². The molecule has 1 heterocycles. The number of hydrogen-bond acceptors (Lipinski definition) is 10. The zero-order valence-corrected chi connectivity index (χ0v) is 29.5. The Morgan fingerprint density at radius 2 is 1.67 bits per heavy atom. The van der Waals surface area contributed by atoms with Gasteiger partial charge in [0.1, 0.15) is 5.75 Å². The molecule has 0 saturated heterocycles. The van der Waals surface area contributed by atoms with Gasteiger partial charge in [0, 0.05) is 36.0 Å². The molecule has 1 aliphatic heterocycles. The van der Waals surface area contributed by atoms with Gasteiger partial charge in [-0.25, -0.2) is 18.8 Å². The van der Waals surface area contributed by atoms with E-state index in [0.29, 0.717) is 41.4 Å². The molecule has 0 spiro atoms. The van der Waals surface area contributed by atoms with E-state index in [9.17, 15) is 13.2 Å². The average Bonchev–Trinajstić information content (AvgIpc) is 3.52. The third-order valence-corrected chi connectivity index (χ3v) is 10.3. The fourth-order valence-electron chi connectivity index (χ4n) is 5.37. The number of nitrogens with one attached hydrogen (secondary N) is 2. The van der Waals surface area contributed by atoms with Crippen molar-refractivity contribution in [3.8, 4) is 17.2 Å². The summed E-state index contributed by atoms with van der Waals surface area (Å²) in [7, 11) is -0.709. The summed E-state index contributed by atoms with van der Waals surface area (Å²) in [6.07, 6.45) is -0.651. The van der Waals surface area contributed by atoms with Crippen molar-refractivity contribution in [3.05, 3.63) is 118 Å². The first-order chi connectivity index (χ1) is 23.7. The van der Waals surface area contributed by atoms with Gasteiger partial charge < -0.3 is 24.1 Å². The summed E-state index contributed by atoms with van der Waals surface area (Å²) in [6.45, 7) is 0.602. The minimum absolute atomic E-state index is 0.0213. The molecule has 0 bridgehead atoms. The van der Waals surface area contributed by atoms with E-state index in [1.807, 2.05) is 30.3 Å². The first-order valence-corrected chi connectivity index (χ1v) is 18.0. The standard InChI is InChI=1S/C36H38BrN3O8S/c1-45-31-18-9-25(23-32(31)46-2)24-38-40-35(42)36(19-22-49(43,44)30-7-4-3-5-8-30)33(26-10-14-28(37)15-11-26)48-34(39-36)27-12-16-29(17-13-27)47-21-6-20-41/h3-5,7-18,23,33,38,41H,6,19-22,24H2,1-2H3,(H,40,42)/t33-,36-/m0/s1. The number of halogens is 1. The van der Waals surface area contributed by atoms with Gasteiger partial charge >= 0.3 is 0 Å². The molecule has 0 aliphatic carbocycles. The number of hydrazine groups is 1. The van der Waals surface area contributed by atoms with Gasteiger partial charge in [-0.3, -0.25) is 10.2 Å². The van der Waals surface area contributed by atoms with Gasteiger partial charge in [0.05, 0.1) is 31.5 Å². The second-order valence-electron chi connectivity index (χ2n) is 11.2. The van der Waals surface area contributed by atoms with Gasteiger partial charge in [0.15, 0.2) is 33.0 Å². The van der Waals surface area contributed by atoms with Crippen LogP contribution < -0.4 is 25.1 Å². The predicted molar refractivity (Wildman–Crippen MR) is 189 cm³/mol. The van der Waals surface area contributed by atoms with Crippen LogP contribution in [0.2, 0.25) is 0 Å². The van der Waals surface area contributed by atoms with Crippen LogP contribution in [0.25, 0.3) is 0 Å². The quantitative estimate of drug-likeness (QED) is 0.104. The Morgan fingerprint density at radius 1 is 0.959 bits per heavy atom. The molecule has 0 radical (unpaired) electrons. The van der Waals surface area contributed by atoms with E-state index >= 15 is 0 Å². The lowest BCUT2D eigenvalue weighted by Gasteiger charge is -2.30. The van der Waals surface area contributed by atoms with Crippen molar-refractivity contribution in [2.75, 3.05) is 33.2 Å². The number of methoxy groups -OCH3 is 2. The molecular weight excluding hydrogens is 714 g/mol. The topological polar surface area (TPSA) is 145 Å². The molecule has 49 heavy (non-hydrogen) atoms. The third-order valence-electron chi connectivity index (χ3n) is 8.00. The largest absolute Gasteiger partial charge is 0.494 e. The SMILES string of the molecule is COc1ccc(CNNC(=O)[C@@]2(CCS(=O)(=O)c3ccccc3)N=C(c3ccc(OCCCO)cc3)O[C@H]2c2ccc(Br)cc2)cc1OC. The second kappa shape index (κ2) is 16.3. The highest BCUT2D eigenvalue weighted by molar-refractivity contribution is 9.10. The van der Waals surface area contributed by atoms with Crippen LogP contribution in [0.4, 0.5) is 0 Å². The summed E-state index contributed by atoms with van der Waals surface area (Å²) in [5.41, 5.74) is 6.09. The van der Waals surface area contributed by atoms with Crippen LogP contribution >= 0.6 is 15.9 Å². The molecule has 4 aromatic carbocycles. The van der Waals surface area contributed by atoms with Gasteiger partial charge in [0.2, 0.25) is 5.90 Å². The fourth-order valence-corrected chi connectivity index (χ4v) is 7.02. The molecule has 1 aliphatic rings. The van der Waals surface area contributed by atoms with Crippen molar-refractivity contribution in [1.29, 1.82) is 0 Å². The van der Waals surface area contributed by atoms with E-state index in [1.165, 1.54) is 12.1 Å². The molecule has 0 saturated carbocycles. The van der Waals surface area contributed by atoms with E-state index in [4.69, 9.17) is 29.0 Å². The van der Waals surface area contributed by atoms with Crippen LogP contribution in [0.3, 0.4) is 0 Å². The average molecular weight is 753 g/mol. The maximum Gasteiger partial charge on any atom is 0.266 e. The summed E-state index contributed by atoms with van der Waals surface area (Å²) in [5.74, 6) is 0.947. The van der Waals surface area contributed by atoms with Crippen LogP contribution in [-0.4, -0.2) is 64.1 Å². The van der Waals surface area contributed by atoms with Crippen molar-refractivity contribution < 1.29 is 37.3 Å². The minimum atomic E-state index is -3.80. The number of rotatable bonds is 16. The summed E-state index contributed by atoms with van der Waals surface area (Å²) in [5, 5.41) is 9.07. The number of aliphatic hydroxyl groups excluding tert-OH is 1. The molecule has 0 aromatic heterocycles. The van der Waals surface area contributed by atoms with Gasteiger partial charge in [-0.15, -0.1) is 0 Å². The molecule has 3 N–H and O–H groups in total. The van der Waals surface area contributed by atoms with Gasteiger partial charge in [-0.05, 0) is 71.8 Å². The number of nitrogens with zero attached hydrogens (tertiary/aromatic N) is 1. The van der Waals surface area contributed by atoms with E-state index in [-0.39, 0.29) is 36.1 Å². The first kappa shape index (κ1) is 35.9. The Kier molecular flexibility index (Phi) is 11.9. The lowest BCUT2D eigenvalue weighted by Crippen LogP contribution is -2.53. The number of benzene rings is 4. The smallest absolute Gasteiger partial charge is 0.266 e. The van der Waals surface area contributed by atoms with Crippen LogP contribution in [0, 0.1) is 0 Å². The molecule has 0 unspecified atom stereocenters. The van der Waals surface area contributed by atoms with Crippen molar-refractivity contribution in [3.63, 3.8) is 0 Å². The monoisotopic (exact) mass is 751 g/mol. The maximum atomic E-state index is 14.4. The highest BCUT2D eigenvalue weighted by Gasteiger charge is 2.53. The Morgan fingerprint density at radius 3 is 2.35 bits per heavy atom. The number of carbonyl (C=O) groups is 1. The number of aliphatic imine (C=N–C) groups is 1. The highest BCUT2D eigenvalue weighted by Crippen LogP contribution is 2.43. The lowest BCUT2D eigenvalue weighted by atomic mass is 9.85. The van der Waals surface area contributed by atoms with E-state index in [0.717, 1.165) is 10.0 Å². The number of hydrogen-bond donors (Lipinski definition) is 3. The van der Waals surface area contributed by atoms with Crippen LogP contribution in [-0.2, 0) is 25.9 Å². The number of sulfone groups is 1. The molecule has 0 fully saturated rings. The summed E-state index contributed by atoms with van der Waals surface area (Å²) in [4.78, 5) is 19.5. The molecule has 258 valence electrons. The highest BCUT2D eigenvalue weighted by atomic mass is 79.9. The van der Waals surface area contributed by atoms with Crippen molar-refractivity contribution >= 4 is 37.6 Å². The molecule has 11 nitrogen and oxygen atoms in total. The zero-order valence-electron chi connectivity index (χ0n) is 27.1. The lowest BCUT2D eigenvalue weighted by molar-refractivity contribution is -0.130. The Labute approximate surface area is 294 Å². The molecule has 5 rings (SSSR count). The molecular formula is C36H38BrN3O8S. The fraction of sp³-hybridized carbons (Fsp3) is 0.278. The van der Waals surface area contributed by atoms with Crippen LogP contribution in [0.15, 0.2) is 111 Å². The molecule has 13 heteroatoms. The molecule has 2 atom stereocenters. The Hall–Kier alpha value is -4.43. The number of aliphatic hydroxyl groups is 1. The first-order valence-electron chi connectivity index (χ1n) is 15.6. The zero-order chi connectivity index (χ0) is 34.9. The number of carbonyl (C=O) groups excluding carboxylic acids is 1. The third kappa shape index (κ3) is 8.60. The van der Waals surface area contributed by atoms with Crippen molar-refractivity contribution in [2.24, 2.45) is 4.99 Å². The Balaban J connectivity index is 1.50. The van der Waals surface area contributed by atoms with Crippen LogP contribution in [0.1, 0.15) is 35.6 Å². The van der Waals surface area contributed by atoms with Crippen molar-refractivity contribution in [1.82, 2.24) is 10.9 Å². The van der Waals surface area contributed by atoms with E-state index in [1.54, 1.807) is 68.8 Å².